The Labute approximate surface area is 70.9 Å². The minimum atomic E-state index is -0.156. The van der Waals surface area contributed by atoms with E-state index in [0.29, 0.717) is 6.42 Å². The number of H-pyrrole nitrogens is 1. The van der Waals surface area contributed by atoms with Crippen molar-refractivity contribution in [2.24, 2.45) is 5.73 Å². The number of aromatic amines is 1. The molecule has 0 aliphatic carbocycles. The van der Waals surface area contributed by atoms with Crippen LogP contribution in [0.2, 0.25) is 0 Å². The number of hydrogen-bond acceptors (Lipinski definition) is 2. The molecule has 0 unspecified atom stereocenters. The third-order valence-corrected chi connectivity index (χ3v) is 1.61. The van der Waals surface area contributed by atoms with Crippen LogP contribution in [-0.2, 0) is 0 Å². The molecule has 1 aromatic heterocycles. The highest BCUT2D eigenvalue weighted by Gasteiger charge is 2.02. The molecule has 0 radical (unpaired) electrons. The summed E-state index contributed by atoms with van der Waals surface area (Å²) in [6, 6.07) is 4.80. The van der Waals surface area contributed by atoms with Gasteiger partial charge in [0.1, 0.15) is 0 Å². The molecular formula is C9H12N2O. The molecular weight excluding hydrogens is 152 g/mol. The lowest BCUT2D eigenvalue weighted by atomic mass is 10.1. The molecule has 1 rings (SSSR count). The van der Waals surface area contributed by atoms with Gasteiger partial charge in [0, 0.05) is 17.8 Å². The van der Waals surface area contributed by atoms with Crippen LogP contribution in [0, 0.1) is 0 Å². The summed E-state index contributed by atoms with van der Waals surface area (Å²) in [4.78, 5) is 13.5. The largest absolute Gasteiger partial charge is 0.325 e. The Kier molecular flexibility index (Phi) is 2.82. The van der Waals surface area contributed by atoms with Gasteiger partial charge < -0.3 is 10.7 Å². The maximum absolute atomic E-state index is 10.9. The average Bonchev–Trinajstić information content (AvgIpc) is 2.05. The Morgan fingerprint density at radius 1 is 1.67 bits per heavy atom. The van der Waals surface area contributed by atoms with Crippen LogP contribution in [0.5, 0.6) is 0 Å². The van der Waals surface area contributed by atoms with E-state index in [0.717, 1.165) is 5.69 Å². The fourth-order valence-electron chi connectivity index (χ4n) is 0.988. The number of nitrogens with two attached hydrogens (primary N) is 1. The third-order valence-electron chi connectivity index (χ3n) is 1.61. The zero-order valence-corrected chi connectivity index (χ0v) is 6.79. The van der Waals surface area contributed by atoms with Crippen LogP contribution in [0.1, 0.15) is 18.2 Å². The fraction of sp³-hybridized carbons (Fsp3) is 0.222. The predicted molar refractivity (Wildman–Crippen MR) is 48.8 cm³/mol. The topological polar surface area (TPSA) is 58.9 Å². The van der Waals surface area contributed by atoms with Gasteiger partial charge in [0.25, 0.3) is 0 Å². The minimum absolute atomic E-state index is 0.119. The van der Waals surface area contributed by atoms with Crippen LogP contribution in [0.4, 0.5) is 0 Å². The second-order valence-corrected chi connectivity index (χ2v) is 2.60. The van der Waals surface area contributed by atoms with E-state index in [1.165, 1.54) is 6.07 Å². The van der Waals surface area contributed by atoms with E-state index in [1.54, 1.807) is 18.2 Å². The van der Waals surface area contributed by atoms with Crippen molar-refractivity contribution in [3.05, 3.63) is 46.9 Å². The fourth-order valence-corrected chi connectivity index (χ4v) is 0.988. The summed E-state index contributed by atoms with van der Waals surface area (Å²) in [5, 5.41) is 0. The summed E-state index contributed by atoms with van der Waals surface area (Å²) in [6.07, 6.45) is 2.40. The molecule has 0 fully saturated rings. The maximum Gasteiger partial charge on any atom is 0.248 e. The number of pyridine rings is 1. The van der Waals surface area contributed by atoms with E-state index in [9.17, 15) is 4.79 Å². The highest BCUT2D eigenvalue weighted by Crippen LogP contribution is 2.08. The first kappa shape index (κ1) is 8.74. The lowest BCUT2D eigenvalue weighted by Crippen LogP contribution is -2.15. The zero-order chi connectivity index (χ0) is 8.97. The molecule has 64 valence electrons. The van der Waals surface area contributed by atoms with Gasteiger partial charge in [-0.2, -0.15) is 0 Å². The van der Waals surface area contributed by atoms with Gasteiger partial charge in [-0.25, -0.2) is 0 Å². The van der Waals surface area contributed by atoms with Crippen LogP contribution < -0.4 is 11.3 Å². The van der Waals surface area contributed by atoms with Gasteiger partial charge in [-0.05, 0) is 12.5 Å². The lowest BCUT2D eigenvalue weighted by Gasteiger charge is -2.07. The number of nitrogens with one attached hydrogen (secondary N) is 1. The van der Waals surface area contributed by atoms with E-state index < -0.39 is 0 Å². The Hall–Kier alpha value is -1.35. The van der Waals surface area contributed by atoms with Crippen molar-refractivity contribution in [2.45, 2.75) is 12.5 Å². The van der Waals surface area contributed by atoms with Gasteiger partial charge in [0.05, 0.1) is 0 Å². The van der Waals surface area contributed by atoms with Crippen molar-refractivity contribution in [1.29, 1.82) is 0 Å². The Balaban J connectivity index is 2.87. The van der Waals surface area contributed by atoms with Crippen LogP contribution in [-0.4, -0.2) is 4.98 Å². The highest BCUT2D eigenvalue weighted by molar-refractivity contribution is 5.09. The Morgan fingerprint density at radius 2 is 2.42 bits per heavy atom. The molecule has 0 saturated carbocycles. The van der Waals surface area contributed by atoms with Crippen molar-refractivity contribution >= 4 is 0 Å². The van der Waals surface area contributed by atoms with Gasteiger partial charge >= 0.3 is 0 Å². The molecule has 0 amide bonds. The van der Waals surface area contributed by atoms with Crippen molar-refractivity contribution in [3.8, 4) is 0 Å². The van der Waals surface area contributed by atoms with Crippen LogP contribution in [0.3, 0.4) is 0 Å². The van der Waals surface area contributed by atoms with Crippen molar-refractivity contribution < 1.29 is 0 Å². The maximum atomic E-state index is 10.9. The molecule has 3 heteroatoms. The van der Waals surface area contributed by atoms with E-state index >= 15 is 0 Å². The molecule has 0 bridgehead atoms. The van der Waals surface area contributed by atoms with E-state index in [2.05, 4.69) is 11.6 Å². The summed E-state index contributed by atoms with van der Waals surface area (Å²) in [5.74, 6) is 0. The van der Waals surface area contributed by atoms with Gasteiger partial charge in [-0.1, -0.05) is 12.1 Å². The van der Waals surface area contributed by atoms with Gasteiger partial charge in [0.15, 0.2) is 0 Å². The Morgan fingerprint density at radius 3 is 3.00 bits per heavy atom. The molecule has 0 aliphatic heterocycles. The van der Waals surface area contributed by atoms with Gasteiger partial charge in [0.2, 0.25) is 5.56 Å². The van der Waals surface area contributed by atoms with E-state index in [1.807, 2.05) is 0 Å². The summed E-state index contributed by atoms with van der Waals surface area (Å²) in [5.41, 5.74) is 6.37. The standard InChI is InChI=1S/C9H12N2O/c1-2-4-7(10)8-5-3-6-9(12)11-8/h2-3,5-7H,1,4,10H2,(H,11,12)/t7-/m1/s1. The third kappa shape index (κ3) is 2.07. The van der Waals surface area contributed by atoms with Crippen LogP contribution in [0.25, 0.3) is 0 Å². The quantitative estimate of drug-likeness (QED) is 0.653. The minimum Gasteiger partial charge on any atom is -0.325 e. The van der Waals surface area contributed by atoms with Crippen molar-refractivity contribution in [2.75, 3.05) is 0 Å². The number of hydrogen-bond donors (Lipinski definition) is 2. The molecule has 1 heterocycles. The normalized spacial score (nSPS) is 12.4. The molecule has 1 atom stereocenters. The average molecular weight is 164 g/mol. The second-order valence-electron chi connectivity index (χ2n) is 2.60. The smallest absolute Gasteiger partial charge is 0.248 e. The predicted octanol–water partition coefficient (Wildman–Crippen LogP) is 0.951. The summed E-state index contributed by atoms with van der Waals surface area (Å²) in [6.45, 7) is 3.58. The molecule has 0 aromatic carbocycles. The van der Waals surface area contributed by atoms with E-state index in [4.69, 9.17) is 5.73 Å². The van der Waals surface area contributed by atoms with Crippen molar-refractivity contribution in [1.82, 2.24) is 4.98 Å². The summed E-state index contributed by atoms with van der Waals surface area (Å²) >= 11 is 0. The van der Waals surface area contributed by atoms with Gasteiger partial charge in [-0.15, -0.1) is 6.58 Å². The Bertz CT molecular complexity index is 316. The molecule has 3 N–H and O–H groups in total. The van der Waals surface area contributed by atoms with Crippen molar-refractivity contribution in [3.63, 3.8) is 0 Å². The monoisotopic (exact) mass is 164 g/mol. The molecule has 0 saturated heterocycles. The number of rotatable bonds is 3. The first-order chi connectivity index (χ1) is 5.74. The second kappa shape index (κ2) is 3.88. The molecule has 0 spiro atoms. The lowest BCUT2D eigenvalue weighted by molar-refractivity contribution is 0.710. The van der Waals surface area contributed by atoms with Crippen LogP contribution in [0.15, 0.2) is 35.6 Å². The van der Waals surface area contributed by atoms with Gasteiger partial charge in [-0.3, -0.25) is 4.79 Å². The molecule has 1 aromatic rings. The van der Waals surface area contributed by atoms with Crippen LogP contribution >= 0.6 is 0 Å². The number of aromatic nitrogens is 1. The van der Waals surface area contributed by atoms with E-state index in [-0.39, 0.29) is 11.6 Å². The first-order valence-electron chi connectivity index (χ1n) is 3.79. The summed E-state index contributed by atoms with van der Waals surface area (Å²) in [7, 11) is 0. The molecule has 3 nitrogen and oxygen atoms in total. The zero-order valence-electron chi connectivity index (χ0n) is 6.79. The molecule has 0 aliphatic rings. The highest BCUT2D eigenvalue weighted by atomic mass is 16.1. The first-order valence-corrected chi connectivity index (χ1v) is 3.79. The SMILES string of the molecule is C=CC[C@@H](N)c1cccc(=O)[nH]1. The molecule has 12 heavy (non-hydrogen) atoms. The summed E-state index contributed by atoms with van der Waals surface area (Å²) < 4.78 is 0.